The Kier molecular flexibility index (Phi) is 5.84. The van der Waals surface area contributed by atoms with Crippen LogP contribution in [-0.4, -0.2) is 33.1 Å². The number of halogens is 1. The van der Waals surface area contributed by atoms with E-state index in [0.29, 0.717) is 18.0 Å². The Hall–Kier alpha value is -2.54. The average Bonchev–Trinajstić information content (AvgIpc) is 2.85. The molecule has 3 aliphatic carbocycles. The van der Waals surface area contributed by atoms with Crippen molar-refractivity contribution in [1.82, 2.24) is 19.9 Å². The standard InChI is InChI=1S/C25H28BrN5O/c1-2-32-23-29-13-19(14-30-23)18-4-3-5-21(12-18)31-17-24-6-9-25(10-7-24,11-8-24)22-27-15-20(26)16-28-22/h3-5,12-16,31H,2,6-11,17H2,1H3. The lowest BCUT2D eigenvalue weighted by atomic mass is 9.53. The fourth-order valence-corrected chi connectivity index (χ4v) is 5.42. The van der Waals surface area contributed by atoms with Gasteiger partial charge in [0.2, 0.25) is 0 Å². The number of anilines is 1. The number of benzene rings is 1. The first-order chi connectivity index (χ1) is 15.6. The van der Waals surface area contributed by atoms with E-state index in [1.165, 1.54) is 38.5 Å². The summed E-state index contributed by atoms with van der Waals surface area (Å²) in [4.78, 5) is 17.9. The Morgan fingerprint density at radius 3 is 2.25 bits per heavy atom. The molecule has 1 N–H and O–H groups in total. The smallest absolute Gasteiger partial charge is 0.316 e. The monoisotopic (exact) mass is 493 g/mol. The number of fused-ring (bicyclic) bond motifs is 3. The van der Waals surface area contributed by atoms with Crippen molar-refractivity contribution in [3.63, 3.8) is 0 Å². The molecule has 0 saturated heterocycles. The third kappa shape index (κ3) is 4.22. The topological polar surface area (TPSA) is 72.8 Å². The quantitative estimate of drug-likeness (QED) is 0.448. The molecule has 0 unspecified atom stereocenters. The van der Waals surface area contributed by atoms with Gasteiger partial charge in [-0.3, -0.25) is 0 Å². The molecule has 3 aliphatic rings. The Morgan fingerprint density at radius 1 is 0.906 bits per heavy atom. The fraction of sp³-hybridized carbons (Fsp3) is 0.440. The van der Waals surface area contributed by atoms with Gasteiger partial charge in [0.25, 0.3) is 0 Å². The largest absolute Gasteiger partial charge is 0.464 e. The molecule has 0 amide bonds. The molecule has 0 atom stereocenters. The van der Waals surface area contributed by atoms with E-state index in [1.807, 2.05) is 31.7 Å². The average molecular weight is 494 g/mol. The van der Waals surface area contributed by atoms with Crippen LogP contribution in [0.4, 0.5) is 5.69 Å². The van der Waals surface area contributed by atoms with Gasteiger partial charge in [0.05, 0.1) is 11.1 Å². The first-order valence-corrected chi connectivity index (χ1v) is 12.2. The number of hydrogen-bond donors (Lipinski definition) is 1. The maximum atomic E-state index is 5.35. The van der Waals surface area contributed by atoms with Crippen LogP contribution >= 0.6 is 15.9 Å². The SMILES string of the molecule is CCOc1ncc(-c2cccc(NCC34CCC(c5ncc(Br)cn5)(CC3)CC4)c2)cn1. The van der Waals surface area contributed by atoms with Gasteiger partial charge in [-0.1, -0.05) is 12.1 Å². The first kappa shape index (κ1) is 21.3. The molecule has 0 radical (unpaired) electrons. The molecule has 166 valence electrons. The van der Waals surface area contributed by atoms with Crippen molar-refractivity contribution in [2.24, 2.45) is 5.41 Å². The normalized spacial score (nSPS) is 24.3. The van der Waals surface area contributed by atoms with Gasteiger partial charge in [-0.2, -0.15) is 0 Å². The molecule has 6 rings (SSSR count). The third-order valence-corrected chi connectivity index (χ3v) is 7.67. The summed E-state index contributed by atoms with van der Waals surface area (Å²) >= 11 is 3.45. The van der Waals surface area contributed by atoms with Crippen molar-refractivity contribution in [3.05, 3.63) is 59.3 Å². The molecular formula is C25H28BrN5O. The van der Waals surface area contributed by atoms with Gasteiger partial charge in [-0.15, -0.1) is 0 Å². The molecule has 0 spiro atoms. The number of nitrogens with one attached hydrogen (secondary N) is 1. The second-order valence-electron chi connectivity index (χ2n) is 9.13. The molecule has 3 fully saturated rings. The molecule has 32 heavy (non-hydrogen) atoms. The zero-order valence-electron chi connectivity index (χ0n) is 18.4. The maximum absolute atomic E-state index is 5.35. The van der Waals surface area contributed by atoms with Crippen LogP contribution in [0.15, 0.2) is 53.5 Å². The van der Waals surface area contributed by atoms with Crippen LogP contribution in [0.3, 0.4) is 0 Å². The summed E-state index contributed by atoms with van der Waals surface area (Å²) in [5.74, 6) is 1.03. The van der Waals surface area contributed by atoms with Crippen LogP contribution in [0.2, 0.25) is 0 Å². The number of rotatable bonds is 7. The number of nitrogens with zero attached hydrogens (tertiary/aromatic N) is 4. The van der Waals surface area contributed by atoms with Gasteiger partial charge in [0.1, 0.15) is 5.82 Å². The summed E-state index contributed by atoms with van der Waals surface area (Å²) in [5, 5.41) is 3.73. The number of aromatic nitrogens is 4. The van der Waals surface area contributed by atoms with E-state index in [1.54, 1.807) is 0 Å². The van der Waals surface area contributed by atoms with E-state index in [-0.39, 0.29) is 5.41 Å². The highest BCUT2D eigenvalue weighted by Crippen LogP contribution is 2.57. The van der Waals surface area contributed by atoms with E-state index in [0.717, 1.165) is 33.7 Å². The molecule has 3 aromatic rings. The summed E-state index contributed by atoms with van der Waals surface area (Å²) in [6.45, 7) is 3.50. The molecule has 3 saturated carbocycles. The van der Waals surface area contributed by atoms with Gasteiger partial charge < -0.3 is 10.1 Å². The Balaban J connectivity index is 1.23. The zero-order chi connectivity index (χ0) is 22.0. The van der Waals surface area contributed by atoms with Gasteiger partial charge in [0.15, 0.2) is 0 Å². The van der Waals surface area contributed by atoms with E-state index in [2.05, 4.69) is 65.4 Å². The Labute approximate surface area is 197 Å². The van der Waals surface area contributed by atoms with Crippen molar-refractivity contribution < 1.29 is 4.74 Å². The highest BCUT2D eigenvalue weighted by Gasteiger charge is 2.50. The number of hydrogen-bond acceptors (Lipinski definition) is 6. The molecule has 0 aliphatic heterocycles. The minimum atomic E-state index is 0.177. The zero-order valence-corrected chi connectivity index (χ0v) is 19.9. The van der Waals surface area contributed by atoms with Crippen molar-refractivity contribution >= 4 is 21.6 Å². The van der Waals surface area contributed by atoms with Gasteiger partial charge >= 0.3 is 6.01 Å². The van der Waals surface area contributed by atoms with Crippen molar-refractivity contribution in [3.8, 4) is 17.1 Å². The summed E-state index contributed by atoms with van der Waals surface area (Å²) in [6.07, 6.45) is 14.6. The maximum Gasteiger partial charge on any atom is 0.316 e. The summed E-state index contributed by atoms with van der Waals surface area (Å²) in [6, 6.07) is 8.92. The molecule has 7 heteroatoms. The van der Waals surface area contributed by atoms with Crippen LogP contribution < -0.4 is 10.1 Å². The van der Waals surface area contributed by atoms with E-state index < -0.39 is 0 Å². The lowest BCUT2D eigenvalue weighted by molar-refractivity contribution is 0.0457. The minimum absolute atomic E-state index is 0.177. The summed E-state index contributed by atoms with van der Waals surface area (Å²) in [5.41, 5.74) is 3.79. The molecular weight excluding hydrogens is 466 g/mol. The van der Waals surface area contributed by atoms with Gasteiger partial charge in [-0.05, 0) is 84.5 Å². The first-order valence-electron chi connectivity index (χ1n) is 11.4. The molecule has 2 aromatic heterocycles. The lowest BCUT2D eigenvalue weighted by Gasteiger charge is -2.52. The molecule has 2 heterocycles. The van der Waals surface area contributed by atoms with Gasteiger partial charge in [-0.25, -0.2) is 19.9 Å². The predicted octanol–water partition coefficient (Wildman–Crippen LogP) is 5.80. The van der Waals surface area contributed by atoms with E-state index in [9.17, 15) is 0 Å². The highest BCUT2D eigenvalue weighted by molar-refractivity contribution is 9.10. The van der Waals surface area contributed by atoms with Crippen LogP contribution in [-0.2, 0) is 5.41 Å². The molecule has 2 bridgehead atoms. The third-order valence-electron chi connectivity index (χ3n) is 7.26. The molecule has 6 nitrogen and oxygen atoms in total. The van der Waals surface area contributed by atoms with Crippen molar-refractivity contribution in [2.75, 3.05) is 18.5 Å². The lowest BCUT2D eigenvalue weighted by Crippen LogP contribution is -2.47. The van der Waals surface area contributed by atoms with Gasteiger partial charge in [0, 0.05) is 48.0 Å². The second kappa shape index (κ2) is 8.77. The fourth-order valence-electron chi connectivity index (χ4n) is 5.22. The van der Waals surface area contributed by atoms with Crippen molar-refractivity contribution in [1.29, 1.82) is 0 Å². The van der Waals surface area contributed by atoms with E-state index >= 15 is 0 Å². The predicted molar refractivity (Wildman–Crippen MR) is 129 cm³/mol. The van der Waals surface area contributed by atoms with Crippen LogP contribution in [0.1, 0.15) is 51.3 Å². The molecule has 1 aromatic carbocycles. The van der Waals surface area contributed by atoms with Crippen LogP contribution in [0.25, 0.3) is 11.1 Å². The Morgan fingerprint density at radius 2 is 1.59 bits per heavy atom. The van der Waals surface area contributed by atoms with E-state index in [4.69, 9.17) is 4.74 Å². The van der Waals surface area contributed by atoms with Crippen molar-refractivity contribution in [2.45, 2.75) is 50.9 Å². The highest BCUT2D eigenvalue weighted by atomic mass is 79.9. The second-order valence-corrected chi connectivity index (χ2v) is 10.0. The number of ether oxygens (including phenoxy) is 1. The summed E-state index contributed by atoms with van der Waals surface area (Å²) in [7, 11) is 0. The Bertz CT molecular complexity index is 1050. The van der Waals surface area contributed by atoms with Crippen LogP contribution in [0, 0.1) is 5.41 Å². The van der Waals surface area contributed by atoms with Crippen LogP contribution in [0.5, 0.6) is 6.01 Å². The summed E-state index contributed by atoms with van der Waals surface area (Å²) < 4.78 is 6.30. The minimum Gasteiger partial charge on any atom is -0.464 e.